The molecule has 190 valence electrons. The third-order valence-corrected chi connectivity index (χ3v) is 3.97. The van der Waals surface area contributed by atoms with Gasteiger partial charge >= 0.3 is 29.6 Å². The molecule has 15 nitrogen and oxygen atoms in total. The maximum atomic E-state index is 14.1. The predicted molar refractivity (Wildman–Crippen MR) is 106 cm³/mol. The molecule has 0 radical (unpaired) electrons. The Morgan fingerprint density at radius 3 is 2.35 bits per heavy atom. The van der Waals surface area contributed by atoms with Gasteiger partial charge in [-0.2, -0.15) is 18.8 Å². The maximum absolute atomic E-state index is 14.1. The fourth-order valence-electron chi connectivity index (χ4n) is 2.03. The average molecular weight is 495 g/mol. The van der Waals surface area contributed by atoms with Gasteiger partial charge in [-0.15, -0.1) is 0 Å². The number of aromatic nitrogens is 2. The largest absolute Gasteiger partial charge is 0.481 e. The predicted octanol–water partition coefficient (Wildman–Crippen LogP) is -2.58. The second-order valence-corrected chi connectivity index (χ2v) is 7.32. The summed E-state index contributed by atoms with van der Waals surface area (Å²) >= 11 is 0. The van der Waals surface area contributed by atoms with E-state index in [0.717, 1.165) is 0 Å². The first-order valence-corrected chi connectivity index (χ1v) is 9.32. The molecule has 0 fully saturated rings. The number of ether oxygens (including phenoxy) is 1. The number of carboxylic acid groups (broad SMARTS) is 1. The summed E-state index contributed by atoms with van der Waals surface area (Å²) in [4.78, 5) is 62.6. The number of aliphatic carboxylic acids is 1. The van der Waals surface area contributed by atoms with Gasteiger partial charge < -0.3 is 30.9 Å². The van der Waals surface area contributed by atoms with Crippen LogP contribution in [0.4, 0.5) is 19.4 Å². The Kier molecular flexibility index (Phi) is 9.26. The zero-order valence-corrected chi connectivity index (χ0v) is 17.8. The number of hydrogen-bond acceptors (Lipinski definition) is 11. The zero-order chi connectivity index (χ0) is 26.4. The lowest BCUT2D eigenvalue weighted by Crippen LogP contribution is -2.57. The van der Waals surface area contributed by atoms with Gasteiger partial charge in [-0.1, -0.05) is 0 Å². The Balaban J connectivity index is 3.32. The second-order valence-electron chi connectivity index (χ2n) is 7.32. The number of carbonyl (C=O) groups is 4. The number of carbonyl (C=O) groups excluding carboxylic acids is 3. The van der Waals surface area contributed by atoms with Crippen LogP contribution in [0.1, 0.15) is 25.1 Å². The van der Waals surface area contributed by atoms with Crippen molar-refractivity contribution < 1.29 is 53.1 Å². The standard InChI is InChI=1S/C17H23F2N5O10/c1-16(2,20)12(30)22-24(15(33)34-6-4-10(27)28)9-3-5-23(14(32)21-9)13(31)17(18,19)11(29)8(26)7-25/h3,5,8,11,25-26,29H,4,6-7,20H2,1-2H3,(H,22,30)(H,27,28)/t8-,11-/m1/s1. The lowest BCUT2D eigenvalue weighted by molar-refractivity contribution is -0.137. The van der Waals surface area contributed by atoms with Crippen molar-refractivity contribution in [3.63, 3.8) is 0 Å². The van der Waals surface area contributed by atoms with Crippen molar-refractivity contribution in [2.24, 2.45) is 5.73 Å². The monoisotopic (exact) mass is 495 g/mol. The number of anilines is 1. The molecule has 2 atom stereocenters. The molecule has 7 N–H and O–H groups in total. The average Bonchev–Trinajstić information content (AvgIpc) is 2.74. The fraction of sp³-hybridized carbons (Fsp3) is 0.529. The summed E-state index contributed by atoms with van der Waals surface area (Å²) in [5.74, 6) is -10.1. The second kappa shape index (κ2) is 11.1. The molecular weight excluding hydrogens is 472 g/mol. The summed E-state index contributed by atoms with van der Waals surface area (Å²) in [5.41, 5.74) is 4.30. The van der Waals surface area contributed by atoms with Crippen molar-refractivity contribution in [1.82, 2.24) is 15.0 Å². The molecule has 17 heteroatoms. The molecule has 0 saturated carbocycles. The van der Waals surface area contributed by atoms with Crippen LogP contribution in [0.25, 0.3) is 0 Å². The summed E-state index contributed by atoms with van der Waals surface area (Å²) in [6.07, 6.45) is -7.09. The van der Waals surface area contributed by atoms with Crippen LogP contribution in [0.2, 0.25) is 0 Å². The number of amides is 2. The topological polar surface area (TPSA) is 235 Å². The highest BCUT2D eigenvalue weighted by Gasteiger charge is 2.51. The van der Waals surface area contributed by atoms with E-state index in [1.165, 1.54) is 13.8 Å². The minimum Gasteiger partial charge on any atom is -0.481 e. The van der Waals surface area contributed by atoms with E-state index in [2.05, 4.69) is 9.72 Å². The molecule has 1 aromatic rings. The van der Waals surface area contributed by atoms with Crippen molar-refractivity contribution in [2.45, 2.75) is 43.9 Å². The van der Waals surface area contributed by atoms with E-state index in [9.17, 15) is 43.0 Å². The summed E-state index contributed by atoms with van der Waals surface area (Å²) < 4.78 is 32.7. The van der Waals surface area contributed by atoms with E-state index >= 15 is 0 Å². The molecule has 0 aliphatic rings. The molecule has 0 bridgehead atoms. The first kappa shape index (κ1) is 28.5. The van der Waals surface area contributed by atoms with Gasteiger partial charge in [-0.25, -0.2) is 14.2 Å². The molecule has 0 saturated heterocycles. The number of hydrogen-bond donors (Lipinski definition) is 6. The van der Waals surface area contributed by atoms with Crippen LogP contribution >= 0.6 is 0 Å². The van der Waals surface area contributed by atoms with E-state index in [-0.39, 0.29) is 9.58 Å². The number of carboxylic acids is 1. The van der Waals surface area contributed by atoms with Crippen LogP contribution < -0.4 is 21.9 Å². The minimum atomic E-state index is -4.73. The van der Waals surface area contributed by atoms with Crippen molar-refractivity contribution >= 4 is 29.7 Å². The van der Waals surface area contributed by atoms with Gasteiger partial charge in [0.05, 0.1) is 18.6 Å². The van der Waals surface area contributed by atoms with Crippen LogP contribution in [-0.4, -0.2) is 90.7 Å². The smallest absolute Gasteiger partial charge is 0.434 e. The van der Waals surface area contributed by atoms with Crippen LogP contribution in [0.5, 0.6) is 0 Å². The molecule has 0 unspecified atom stereocenters. The third kappa shape index (κ3) is 6.98. The Morgan fingerprint density at radius 2 is 1.88 bits per heavy atom. The van der Waals surface area contributed by atoms with E-state index in [1.54, 1.807) is 0 Å². The Labute approximate surface area is 189 Å². The van der Waals surface area contributed by atoms with Gasteiger partial charge in [0.2, 0.25) is 0 Å². The Bertz CT molecular complexity index is 994. The molecule has 1 aromatic heterocycles. The Hall–Kier alpha value is -3.54. The summed E-state index contributed by atoms with van der Waals surface area (Å²) in [6.45, 7) is 0.523. The highest BCUT2D eigenvalue weighted by molar-refractivity contribution is 5.94. The SMILES string of the molecule is CC(C)(N)C(=O)NN(C(=O)OCCC(=O)O)c1ccn(C(=O)C(F)(F)[C@H](O)[C@H](O)CO)c(=O)n1. The number of hydrazine groups is 1. The number of halogens is 2. The van der Waals surface area contributed by atoms with Gasteiger partial charge in [0.15, 0.2) is 11.9 Å². The molecular formula is C17H23F2N5O10. The lowest BCUT2D eigenvalue weighted by atomic mass is 10.1. The number of alkyl halides is 2. The summed E-state index contributed by atoms with van der Waals surface area (Å²) in [7, 11) is 0. The fourth-order valence-corrected chi connectivity index (χ4v) is 2.03. The number of rotatable bonds is 9. The van der Waals surface area contributed by atoms with E-state index in [0.29, 0.717) is 12.3 Å². The highest BCUT2D eigenvalue weighted by atomic mass is 19.3. The normalized spacial score (nSPS) is 13.5. The van der Waals surface area contributed by atoms with Gasteiger partial charge in [0, 0.05) is 12.3 Å². The number of nitrogens with one attached hydrogen (secondary N) is 1. The van der Waals surface area contributed by atoms with E-state index < -0.39 is 78.7 Å². The van der Waals surface area contributed by atoms with Gasteiger partial charge in [0.25, 0.3) is 5.91 Å². The van der Waals surface area contributed by atoms with E-state index in [4.69, 9.17) is 15.9 Å². The van der Waals surface area contributed by atoms with Crippen LogP contribution in [0, 0.1) is 0 Å². The first-order valence-electron chi connectivity index (χ1n) is 9.32. The van der Waals surface area contributed by atoms with Crippen molar-refractivity contribution in [1.29, 1.82) is 0 Å². The molecule has 1 rings (SSSR count). The molecule has 34 heavy (non-hydrogen) atoms. The minimum absolute atomic E-state index is 0.234. The summed E-state index contributed by atoms with van der Waals surface area (Å²) in [6, 6.07) is 0.659. The number of aliphatic hydroxyl groups excluding tert-OH is 3. The molecule has 1 heterocycles. The summed E-state index contributed by atoms with van der Waals surface area (Å²) in [5, 5.41) is 36.1. The van der Waals surface area contributed by atoms with Crippen molar-refractivity contribution in [3.8, 4) is 0 Å². The maximum Gasteiger partial charge on any atom is 0.434 e. The van der Waals surface area contributed by atoms with Crippen LogP contribution in [-0.2, 0) is 14.3 Å². The number of nitrogens with zero attached hydrogens (tertiary/aromatic N) is 3. The molecule has 0 aliphatic carbocycles. The van der Waals surface area contributed by atoms with Crippen LogP contribution in [0.15, 0.2) is 17.1 Å². The number of aliphatic hydroxyl groups is 3. The van der Waals surface area contributed by atoms with Crippen molar-refractivity contribution in [2.75, 3.05) is 18.2 Å². The van der Waals surface area contributed by atoms with Gasteiger partial charge in [-0.3, -0.25) is 19.8 Å². The molecule has 0 aromatic carbocycles. The third-order valence-electron chi connectivity index (χ3n) is 3.97. The molecule has 0 aliphatic heterocycles. The Morgan fingerprint density at radius 1 is 1.29 bits per heavy atom. The molecule has 2 amide bonds. The van der Waals surface area contributed by atoms with Crippen molar-refractivity contribution in [3.05, 3.63) is 22.7 Å². The lowest BCUT2D eigenvalue weighted by Gasteiger charge is -2.26. The van der Waals surface area contributed by atoms with Crippen LogP contribution in [0.3, 0.4) is 0 Å². The zero-order valence-electron chi connectivity index (χ0n) is 17.8. The molecule has 0 spiro atoms. The number of nitrogens with two attached hydrogens (primary N) is 1. The highest BCUT2D eigenvalue weighted by Crippen LogP contribution is 2.23. The van der Waals surface area contributed by atoms with E-state index in [1.807, 2.05) is 5.43 Å². The first-order chi connectivity index (χ1) is 15.5. The van der Waals surface area contributed by atoms with Gasteiger partial charge in [-0.05, 0) is 13.8 Å². The van der Waals surface area contributed by atoms with Gasteiger partial charge in [0.1, 0.15) is 12.7 Å². The quantitative estimate of drug-likeness (QED) is 0.194.